The van der Waals surface area contributed by atoms with Crippen LogP contribution in [0.3, 0.4) is 0 Å². The summed E-state index contributed by atoms with van der Waals surface area (Å²) in [4.78, 5) is 0. The number of fused-ring (bicyclic) bond motifs is 3. The Morgan fingerprint density at radius 3 is 3.00 bits per heavy atom. The van der Waals surface area contributed by atoms with Crippen molar-refractivity contribution in [1.29, 1.82) is 5.26 Å². The van der Waals surface area contributed by atoms with E-state index in [4.69, 9.17) is 5.26 Å². The SMILES string of the molecule is N#Cc1cccc2c1C1=CC=CC1=C2. The van der Waals surface area contributed by atoms with Gasteiger partial charge in [0.1, 0.15) is 0 Å². The van der Waals surface area contributed by atoms with Gasteiger partial charge in [0.2, 0.25) is 0 Å². The van der Waals surface area contributed by atoms with E-state index in [2.05, 4.69) is 30.4 Å². The lowest BCUT2D eigenvalue weighted by molar-refractivity contribution is 1.46. The molecule has 0 saturated carbocycles. The van der Waals surface area contributed by atoms with Crippen LogP contribution in [-0.2, 0) is 0 Å². The molecule has 0 amide bonds. The zero-order valence-corrected chi connectivity index (χ0v) is 7.49. The van der Waals surface area contributed by atoms with Crippen molar-refractivity contribution in [1.82, 2.24) is 0 Å². The highest BCUT2D eigenvalue weighted by atomic mass is 14.3. The molecule has 64 valence electrons. The summed E-state index contributed by atoms with van der Waals surface area (Å²) in [6, 6.07) is 8.09. The van der Waals surface area contributed by atoms with E-state index in [0.29, 0.717) is 0 Å². The van der Waals surface area contributed by atoms with E-state index >= 15 is 0 Å². The zero-order valence-electron chi connectivity index (χ0n) is 7.49. The molecule has 0 radical (unpaired) electrons. The maximum atomic E-state index is 9.00. The summed E-state index contributed by atoms with van der Waals surface area (Å²) in [5, 5.41) is 9.00. The molecule has 0 saturated heterocycles. The Morgan fingerprint density at radius 2 is 2.14 bits per heavy atom. The second kappa shape index (κ2) is 2.46. The highest BCUT2D eigenvalue weighted by Gasteiger charge is 2.21. The second-order valence-corrected chi connectivity index (χ2v) is 3.42. The second-order valence-electron chi connectivity index (χ2n) is 3.42. The van der Waals surface area contributed by atoms with Crippen LogP contribution >= 0.6 is 0 Å². The van der Waals surface area contributed by atoms with Gasteiger partial charge in [-0.1, -0.05) is 30.4 Å². The average Bonchev–Trinajstić information content (AvgIpc) is 2.75. The minimum absolute atomic E-state index is 0.767. The van der Waals surface area contributed by atoms with Crippen LogP contribution in [0.15, 0.2) is 42.0 Å². The summed E-state index contributed by atoms with van der Waals surface area (Å²) in [6.07, 6.45) is 8.30. The number of hydrogen-bond donors (Lipinski definition) is 0. The fraction of sp³-hybridized carbons (Fsp3) is 0. The standard InChI is InChI=1S/C13H7N/c14-8-11-5-1-4-10-7-9-3-2-6-12(9)13(10)11/h1-7H. The van der Waals surface area contributed by atoms with Crippen LogP contribution in [0.25, 0.3) is 11.6 Å². The quantitative estimate of drug-likeness (QED) is 0.597. The molecule has 1 aromatic carbocycles. The Morgan fingerprint density at radius 1 is 1.21 bits per heavy atom. The predicted octanol–water partition coefficient (Wildman–Crippen LogP) is 2.91. The molecule has 0 heterocycles. The smallest absolute Gasteiger partial charge is 0.0998 e. The van der Waals surface area contributed by atoms with Gasteiger partial charge in [0.15, 0.2) is 0 Å². The molecule has 3 rings (SSSR count). The molecule has 14 heavy (non-hydrogen) atoms. The van der Waals surface area contributed by atoms with Crippen molar-refractivity contribution >= 4 is 11.6 Å². The third-order valence-electron chi connectivity index (χ3n) is 2.65. The molecule has 0 aliphatic heterocycles. The van der Waals surface area contributed by atoms with Gasteiger partial charge in [-0.15, -0.1) is 0 Å². The molecule has 0 unspecified atom stereocenters. The first-order valence-corrected chi connectivity index (χ1v) is 4.54. The molecule has 0 atom stereocenters. The highest BCUT2D eigenvalue weighted by molar-refractivity contribution is 6.00. The first-order chi connectivity index (χ1) is 6.90. The number of nitriles is 1. The van der Waals surface area contributed by atoms with Crippen molar-refractivity contribution in [3.63, 3.8) is 0 Å². The molecular weight excluding hydrogens is 170 g/mol. The Labute approximate surface area is 82.3 Å². The van der Waals surface area contributed by atoms with Crippen molar-refractivity contribution in [3.8, 4) is 6.07 Å². The van der Waals surface area contributed by atoms with Crippen LogP contribution in [0.1, 0.15) is 16.7 Å². The van der Waals surface area contributed by atoms with Gasteiger partial charge >= 0.3 is 0 Å². The predicted molar refractivity (Wildman–Crippen MR) is 56.3 cm³/mol. The Balaban J connectivity index is 2.34. The van der Waals surface area contributed by atoms with E-state index in [1.807, 2.05) is 18.2 Å². The van der Waals surface area contributed by atoms with Crippen molar-refractivity contribution in [3.05, 3.63) is 58.7 Å². The molecule has 0 bridgehead atoms. The lowest BCUT2D eigenvalue weighted by atomic mass is 9.99. The highest BCUT2D eigenvalue weighted by Crippen LogP contribution is 2.40. The molecular formula is C13H7N. The first-order valence-electron chi connectivity index (χ1n) is 4.54. The summed E-state index contributed by atoms with van der Waals surface area (Å²) >= 11 is 0. The topological polar surface area (TPSA) is 23.8 Å². The van der Waals surface area contributed by atoms with Gasteiger partial charge in [-0.25, -0.2) is 0 Å². The molecule has 1 heteroatoms. The molecule has 0 aromatic heterocycles. The summed E-state index contributed by atoms with van der Waals surface area (Å²) < 4.78 is 0. The van der Waals surface area contributed by atoms with Crippen molar-refractivity contribution in [2.24, 2.45) is 0 Å². The molecule has 0 fully saturated rings. The monoisotopic (exact) mass is 177 g/mol. The van der Waals surface area contributed by atoms with Gasteiger partial charge in [-0.05, 0) is 28.9 Å². The fourth-order valence-corrected chi connectivity index (χ4v) is 2.04. The van der Waals surface area contributed by atoms with E-state index in [9.17, 15) is 0 Å². The van der Waals surface area contributed by atoms with E-state index in [1.54, 1.807) is 0 Å². The van der Waals surface area contributed by atoms with E-state index < -0.39 is 0 Å². The van der Waals surface area contributed by atoms with Crippen molar-refractivity contribution < 1.29 is 0 Å². The van der Waals surface area contributed by atoms with E-state index in [0.717, 1.165) is 16.7 Å². The van der Waals surface area contributed by atoms with Crippen LogP contribution in [0.5, 0.6) is 0 Å². The summed E-state index contributed by atoms with van der Waals surface area (Å²) in [7, 11) is 0. The maximum Gasteiger partial charge on any atom is 0.0998 e. The molecule has 1 aromatic rings. The van der Waals surface area contributed by atoms with Crippen LogP contribution in [-0.4, -0.2) is 0 Å². The van der Waals surface area contributed by atoms with Gasteiger partial charge in [-0.3, -0.25) is 0 Å². The minimum atomic E-state index is 0.767. The summed E-state index contributed by atoms with van der Waals surface area (Å²) in [6.45, 7) is 0. The van der Waals surface area contributed by atoms with Gasteiger partial charge in [-0.2, -0.15) is 5.26 Å². The van der Waals surface area contributed by atoms with Crippen LogP contribution in [0, 0.1) is 11.3 Å². The van der Waals surface area contributed by atoms with Crippen molar-refractivity contribution in [2.45, 2.75) is 0 Å². The average molecular weight is 177 g/mol. The number of allylic oxidation sites excluding steroid dienone is 5. The van der Waals surface area contributed by atoms with Gasteiger partial charge in [0, 0.05) is 5.56 Å². The van der Waals surface area contributed by atoms with Crippen LogP contribution < -0.4 is 0 Å². The molecule has 1 nitrogen and oxygen atoms in total. The molecule has 2 aliphatic rings. The zero-order chi connectivity index (χ0) is 9.54. The minimum Gasteiger partial charge on any atom is -0.192 e. The third kappa shape index (κ3) is 0.777. The van der Waals surface area contributed by atoms with Gasteiger partial charge in [0.05, 0.1) is 11.6 Å². The normalized spacial score (nSPS) is 15.6. The van der Waals surface area contributed by atoms with Crippen molar-refractivity contribution in [2.75, 3.05) is 0 Å². The van der Waals surface area contributed by atoms with E-state index in [-0.39, 0.29) is 0 Å². The Hall–Kier alpha value is -2.07. The fourth-order valence-electron chi connectivity index (χ4n) is 2.04. The Kier molecular flexibility index (Phi) is 1.29. The summed E-state index contributed by atoms with van der Waals surface area (Å²) in [5.74, 6) is 0. The van der Waals surface area contributed by atoms with Crippen LogP contribution in [0.2, 0.25) is 0 Å². The maximum absolute atomic E-state index is 9.00. The first kappa shape index (κ1) is 7.34. The number of nitrogens with zero attached hydrogens (tertiary/aromatic N) is 1. The largest absolute Gasteiger partial charge is 0.192 e. The van der Waals surface area contributed by atoms with Gasteiger partial charge in [0.25, 0.3) is 0 Å². The lowest BCUT2D eigenvalue weighted by Crippen LogP contribution is -1.87. The lowest BCUT2D eigenvalue weighted by Gasteiger charge is -2.02. The van der Waals surface area contributed by atoms with Gasteiger partial charge < -0.3 is 0 Å². The summed E-state index contributed by atoms with van der Waals surface area (Å²) in [5.41, 5.74) is 5.44. The third-order valence-corrected chi connectivity index (χ3v) is 2.65. The molecule has 0 spiro atoms. The number of benzene rings is 1. The Bertz CT molecular complexity index is 551. The number of rotatable bonds is 0. The molecule has 0 N–H and O–H groups in total. The molecule has 2 aliphatic carbocycles. The van der Waals surface area contributed by atoms with E-state index in [1.165, 1.54) is 11.1 Å². The van der Waals surface area contributed by atoms with Crippen LogP contribution in [0.4, 0.5) is 0 Å². The number of hydrogen-bond acceptors (Lipinski definition) is 1.